The molecule has 2 fully saturated rings. The van der Waals surface area contributed by atoms with Gasteiger partial charge in [-0.25, -0.2) is 4.79 Å². The topological polar surface area (TPSA) is 52.6 Å². The quantitative estimate of drug-likeness (QED) is 0.638. The molecule has 4 nitrogen and oxygen atoms in total. The summed E-state index contributed by atoms with van der Waals surface area (Å²) >= 11 is 0. The van der Waals surface area contributed by atoms with Gasteiger partial charge < -0.3 is 15.3 Å². The SMILES string of the molecule is O=C(O)N1CC2NCC3C=CC=CC3C2C1. The number of fused-ring (bicyclic) bond motifs is 3. The first-order valence-electron chi connectivity index (χ1n) is 5.82. The van der Waals surface area contributed by atoms with Crippen LogP contribution in [0.2, 0.25) is 0 Å². The Bertz CT molecular complexity index is 364. The van der Waals surface area contributed by atoms with Crippen LogP contribution in [0.15, 0.2) is 24.3 Å². The molecule has 1 amide bonds. The first-order valence-corrected chi connectivity index (χ1v) is 5.82. The van der Waals surface area contributed by atoms with Gasteiger partial charge in [0.2, 0.25) is 0 Å². The van der Waals surface area contributed by atoms with Crippen LogP contribution in [-0.2, 0) is 0 Å². The molecule has 3 rings (SSSR count). The number of amides is 1. The fourth-order valence-electron chi connectivity index (χ4n) is 3.21. The van der Waals surface area contributed by atoms with Gasteiger partial charge in [0.15, 0.2) is 0 Å². The van der Waals surface area contributed by atoms with Gasteiger partial charge in [-0.05, 0) is 11.8 Å². The predicted molar refractivity (Wildman–Crippen MR) is 60.1 cm³/mol. The molecule has 0 bridgehead atoms. The highest BCUT2D eigenvalue weighted by Crippen LogP contribution is 2.36. The Balaban J connectivity index is 1.80. The number of hydrogen-bond donors (Lipinski definition) is 2. The van der Waals surface area contributed by atoms with E-state index in [1.165, 1.54) is 4.90 Å². The van der Waals surface area contributed by atoms with Gasteiger partial charge in [-0.2, -0.15) is 0 Å². The maximum atomic E-state index is 11.0. The Morgan fingerprint density at radius 2 is 2.12 bits per heavy atom. The normalized spacial score (nSPS) is 40.6. The third-order valence-corrected chi connectivity index (χ3v) is 4.04. The van der Waals surface area contributed by atoms with Gasteiger partial charge in [0, 0.05) is 31.6 Å². The lowest BCUT2D eigenvalue weighted by Gasteiger charge is -2.38. The fraction of sp³-hybridized carbons (Fsp3) is 0.583. The van der Waals surface area contributed by atoms with E-state index in [0.717, 1.165) is 6.54 Å². The molecule has 0 radical (unpaired) electrons. The standard InChI is InChI=1S/C12H16N2O2/c15-12(16)14-6-10-9-4-2-1-3-8(9)5-13-11(10)7-14/h1-4,8-11,13H,5-7H2,(H,15,16). The van der Waals surface area contributed by atoms with Crippen LogP contribution in [0.1, 0.15) is 0 Å². The summed E-state index contributed by atoms with van der Waals surface area (Å²) in [4.78, 5) is 12.5. The zero-order chi connectivity index (χ0) is 11.1. The average molecular weight is 220 g/mol. The van der Waals surface area contributed by atoms with Crippen molar-refractivity contribution in [2.45, 2.75) is 6.04 Å². The Labute approximate surface area is 94.6 Å². The molecule has 0 spiro atoms. The first-order chi connectivity index (χ1) is 7.75. The summed E-state index contributed by atoms with van der Waals surface area (Å²) in [6, 6.07) is 0.341. The van der Waals surface area contributed by atoms with Crippen molar-refractivity contribution >= 4 is 6.09 Å². The summed E-state index contributed by atoms with van der Waals surface area (Å²) in [6.45, 7) is 2.28. The summed E-state index contributed by atoms with van der Waals surface area (Å²) in [6.07, 6.45) is 7.87. The highest BCUT2D eigenvalue weighted by molar-refractivity contribution is 5.65. The third-order valence-electron chi connectivity index (χ3n) is 4.04. The van der Waals surface area contributed by atoms with E-state index in [9.17, 15) is 4.79 Å². The van der Waals surface area contributed by atoms with Crippen LogP contribution in [-0.4, -0.2) is 41.8 Å². The zero-order valence-electron chi connectivity index (χ0n) is 9.04. The number of piperidine rings is 1. The van der Waals surface area contributed by atoms with Crippen molar-refractivity contribution in [2.24, 2.45) is 17.8 Å². The molecule has 2 saturated heterocycles. The molecule has 1 aliphatic carbocycles. The van der Waals surface area contributed by atoms with E-state index in [2.05, 4.69) is 29.6 Å². The Kier molecular flexibility index (Phi) is 2.24. The van der Waals surface area contributed by atoms with E-state index in [1.54, 1.807) is 0 Å². The minimum absolute atomic E-state index is 0.341. The molecule has 0 saturated carbocycles. The van der Waals surface area contributed by atoms with Gasteiger partial charge in [-0.1, -0.05) is 24.3 Å². The highest BCUT2D eigenvalue weighted by Gasteiger charge is 2.44. The lowest BCUT2D eigenvalue weighted by atomic mass is 9.74. The molecule has 16 heavy (non-hydrogen) atoms. The van der Waals surface area contributed by atoms with E-state index >= 15 is 0 Å². The van der Waals surface area contributed by atoms with E-state index < -0.39 is 6.09 Å². The minimum Gasteiger partial charge on any atom is -0.465 e. The maximum absolute atomic E-state index is 11.0. The number of nitrogens with zero attached hydrogens (tertiary/aromatic N) is 1. The van der Waals surface area contributed by atoms with Gasteiger partial charge in [-0.15, -0.1) is 0 Å². The maximum Gasteiger partial charge on any atom is 0.407 e. The molecular formula is C12H16N2O2. The smallest absolute Gasteiger partial charge is 0.407 e. The van der Waals surface area contributed by atoms with E-state index in [0.29, 0.717) is 36.9 Å². The first kappa shape index (κ1) is 9.90. The fourth-order valence-corrected chi connectivity index (χ4v) is 3.21. The molecule has 2 heterocycles. The Morgan fingerprint density at radius 3 is 2.94 bits per heavy atom. The molecule has 4 atom stereocenters. The zero-order valence-corrected chi connectivity index (χ0v) is 9.04. The van der Waals surface area contributed by atoms with E-state index in [4.69, 9.17) is 5.11 Å². The van der Waals surface area contributed by atoms with Crippen molar-refractivity contribution < 1.29 is 9.90 Å². The second-order valence-electron chi connectivity index (χ2n) is 4.88. The van der Waals surface area contributed by atoms with Crippen molar-refractivity contribution in [3.63, 3.8) is 0 Å². The summed E-state index contributed by atoms with van der Waals surface area (Å²) < 4.78 is 0. The molecule has 86 valence electrons. The highest BCUT2D eigenvalue weighted by atomic mass is 16.4. The second kappa shape index (κ2) is 3.63. The number of likely N-dealkylation sites (tertiary alicyclic amines) is 1. The van der Waals surface area contributed by atoms with Gasteiger partial charge in [-0.3, -0.25) is 0 Å². The van der Waals surface area contributed by atoms with Crippen LogP contribution >= 0.6 is 0 Å². The molecule has 0 aromatic heterocycles. The average Bonchev–Trinajstić information content (AvgIpc) is 2.73. The minimum atomic E-state index is -0.789. The van der Waals surface area contributed by atoms with Crippen LogP contribution in [0.5, 0.6) is 0 Å². The molecule has 3 aliphatic rings. The van der Waals surface area contributed by atoms with Gasteiger partial charge >= 0.3 is 6.09 Å². The van der Waals surface area contributed by atoms with Crippen LogP contribution in [0.25, 0.3) is 0 Å². The molecular weight excluding hydrogens is 204 g/mol. The predicted octanol–water partition coefficient (Wildman–Crippen LogP) is 0.926. The van der Waals surface area contributed by atoms with Gasteiger partial charge in [0.25, 0.3) is 0 Å². The Hall–Kier alpha value is -1.29. The third kappa shape index (κ3) is 1.45. The van der Waals surface area contributed by atoms with Crippen molar-refractivity contribution in [3.8, 4) is 0 Å². The lowest BCUT2D eigenvalue weighted by Crippen LogP contribution is -2.49. The number of allylic oxidation sites excluding steroid dienone is 3. The summed E-state index contributed by atoms with van der Waals surface area (Å²) in [7, 11) is 0. The van der Waals surface area contributed by atoms with Crippen LogP contribution in [0.4, 0.5) is 4.79 Å². The van der Waals surface area contributed by atoms with Crippen LogP contribution in [0.3, 0.4) is 0 Å². The summed E-state index contributed by atoms with van der Waals surface area (Å²) in [5.74, 6) is 1.50. The largest absolute Gasteiger partial charge is 0.465 e. The summed E-state index contributed by atoms with van der Waals surface area (Å²) in [5.41, 5.74) is 0. The second-order valence-corrected chi connectivity index (χ2v) is 4.88. The Morgan fingerprint density at radius 1 is 1.31 bits per heavy atom. The van der Waals surface area contributed by atoms with Crippen molar-refractivity contribution in [1.29, 1.82) is 0 Å². The van der Waals surface area contributed by atoms with Crippen LogP contribution < -0.4 is 5.32 Å². The van der Waals surface area contributed by atoms with Gasteiger partial charge in [0.1, 0.15) is 0 Å². The number of carboxylic acid groups (broad SMARTS) is 1. The molecule has 0 aromatic rings. The lowest BCUT2D eigenvalue weighted by molar-refractivity contribution is 0.152. The van der Waals surface area contributed by atoms with Crippen molar-refractivity contribution in [3.05, 3.63) is 24.3 Å². The number of carbonyl (C=O) groups is 1. The molecule has 4 unspecified atom stereocenters. The van der Waals surface area contributed by atoms with E-state index in [1.807, 2.05) is 0 Å². The van der Waals surface area contributed by atoms with Crippen LogP contribution in [0, 0.1) is 17.8 Å². The van der Waals surface area contributed by atoms with Crippen molar-refractivity contribution in [2.75, 3.05) is 19.6 Å². The molecule has 2 N–H and O–H groups in total. The monoisotopic (exact) mass is 220 g/mol. The number of hydrogen-bond acceptors (Lipinski definition) is 2. The number of rotatable bonds is 0. The van der Waals surface area contributed by atoms with E-state index in [-0.39, 0.29) is 0 Å². The summed E-state index contributed by atoms with van der Waals surface area (Å²) in [5, 5.41) is 12.5. The van der Waals surface area contributed by atoms with Gasteiger partial charge in [0.05, 0.1) is 0 Å². The molecule has 0 aromatic carbocycles. The van der Waals surface area contributed by atoms with Crippen molar-refractivity contribution in [1.82, 2.24) is 10.2 Å². The molecule has 4 heteroatoms. The number of nitrogens with one attached hydrogen (secondary N) is 1. The molecule has 2 aliphatic heterocycles.